The molecule has 2 aliphatic rings. The van der Waals surface area contributed by atoms with Crippen LogP contribution in [0, 0.1) is 0 Å². The van der Waals surface area contributed by atoms with E-state index in [0.29, 0.717) is 12.1 Å². The van der Waals surface area contributed by atoms with Crippen molar-refractivity contribution in [3.8, 4) is 0 Å². The molecule has 2 atom stereocenters. The molecule has 0 radical (unpaired) electrons. The maximum absolute atomic E-state index is 4.47. The van der Waals surface area contributed by atoms with Gasteiger partial charge in [0.1, 0.15) is 0 Å². The molecule has 0 bridgehead atoms. The zero-order valence-electron chi connectivity index (χ0n) is 6.90. The van der Waals surface area contributed by atoms with Crippen molar-refractivity contribution >= 4 is 22.0 Å². The van der Waals surface area contributed by atoms with Crippen LogP contribution in [0.2, 0.25) is 0 Å². The third kappa shape index (κ3) is 0.965. The van der Waals surface area contributed by atoms with Crippen molar-refractivity contribution in [1.82, 2.24) is 5.01 Å². The minimum absolute atomic E-state index is 0.398. The van der Waals surface area contributed by atoms with E-state index in [-0.39, 0.29) is 0 Å². The predicted octanol–water partition coefficient (Wildman–Crippen LogP) is 1.52. The van der Waals surface area contributed by atoms with Crippen molar-refractivity contribution in [3.05, 3.63) is 0 Å². The topological polar surface area (TPSA) is 28.0 Å². The first kappa shape index (κ1) is 7.16. The van der Waals surface area contributed by atoms with Gasteiger partial charge in [-0.3, -0.25) is 4.99 Å². The summed E-state index contributed by atoms with van der Waals surface area (Å²) in [5.74, 6) is 0. The van der Waals surface area contributed by atoms with Crippen LogP contribution < -0.4 is 0 Å². The second-order valence-corrected chi connectivity index (χ2v) is 4.12. The van der Waals surface area contributed by atoms with Gasteiger partial charge in [-0.2, -0.15) is 5.10 Å². The van der Waals surface area contributed by atoms with E-state index in [1.54, 1.807) is 11.8 Å². The summed E-state index contributed by atoms with van der Waals surface area (Å²) in [4.78, 5) is 4.47. The smallest absolute Gasteiger partial charge is 0.186 e. The first-order chi connectivity index (χ1) is 5.18. The molecular formula is C7H11N3S. The van der Waals surface area contributed by atoms with Crippen LogP contribution in [0.3, 0.4) is 0 Å². The van der Waals surface area contributed by atoms with Gasteiger partial charge < -0.3 is 0 Å². The van der Waals surface area contributed by atoms with Crippen molar-refractivity contribution < 1.29 is 0 Å². The second-order valence-electron chi connectivity index (χ2n) is 2.96. The molecule has 0 N–H and O–H groups in total. The van der Waals surface area contributed by atoms with Crippen molar-refractivity contribution in [2.75, 3.05) is 0 Å². The minimum Gasteiger partial charge on any atom is -0.255 e. The highest BCUT2D eigenvalue weighted by Gasteiger charge is 2.34. The van der Waals surface area contributed by atoms with E-state index in [2.05, 4.69) is 23.9 Å². The molecule has 0 aromatic heterocycles. The molecule has 0 amide bonds. The van der Waals surface area contributed by atoms with Gasteiger partial charge in [-0.25, -0.2) is 5.01 Å². The summed E-state index contributed by atoms with van der Waals surface area (Å²) in [7, 11) is 0. The van der Waals surface area contributed by atoms with E-state index in [0.717, 1.165) is 10.2 Å². The van der Waals surface area contributed by atoms with Gasteiger partial charge in [-0.1, -0.05) is 0 Å². The Bertz CT molecular complexity index is 246. The third-order valence-electron chi connectivity index (χ3n) is 2.08. The average molecular weight is 169 g/mol. The zero-order chi connectivity index (χ0) is 8.01. The quantitative estimate of drug-likeness (QED) is 0.550. The molecule has 0 saturated heterocycles. The number of thioether (sulfide) groups is 1. The van der Waals surface area contributed by atoms with Crippen LogP contribution >= 0.6 is 11.8 Å². The van der Waals surface area contributed by atoms with Crippen LogP contribution in [0.5, 0.6) is 0 Å². The number of nitrogens with zero attached hydrogens (tertiary/aromatic N) is 3. The van der Waals surface area contributed by atoms with Crippen molar-refractivity contribution in [2.45, 2.75) is 32.9 Å². The lowest BCUT2D eigenvalue weighted by Gasteiger charge is -2.15. The van der Waals surface area contributed by atoms with E-state index >= 15 is 0 Å². The Balaban J connectivity index is 2.27. The summed E-state index contributed by atoms with van der Waals surface area (Å²) in [5, 5.41) is 8.55. The molecule has 0 aromatic carbocycles. The highest BCUT2D eigenvalue weighted by atomic mass is 32.2. The number of rotatable bonds is 0. The lowest BCUT2D eigenvalue weighted by atomic mass is 10.2. The molecular weight excluding hydrogens is 158 g/mol. The molecule has 2 aliphatic heterocycles. The Morgan fingerprint density at radius 3 is 2.82 bits per heavy atom. The van der Waals surface area contributed by atoms with Gasteiger partial charge in [0.05, 0.1) is 17.1 Å². The number of hydrogen-bond acceptors (Lipinski definition) is 4. The van der Waals surface area contributed by atoms with E-state index in [4.69, 9.17) is 0 Å². The summed E-state index contributed by atoms with van der Waals surface area (Å²) >= 11 is 1.67. The van der Waals surface area contributed by atoms with E-state index in [9.17, 15) is 0 Å². The van der Waals surface area contributed by atoms with Gasteiger partial charge in [-0.15, -0.1) is 0 Å². The molecule has 60 valence electrons. The van der Waals surface area contributed by atoms with Gasteiger partial charge in [-0.05, 0) is 32.5 Å². The fraction of sp³-hybridized carbons (Fsp3) is 0.714. The molecule has 4 heteroatoms. The first-order valence-corrected chi connectivity index (χ1v) is 4.60. The standard InChI is InChI=1S/C7H11N3S/c1-4-5(2)10-7(8-4)11-6(3)9-10/h4-5H,1-3H3. The van der Waals surface area contributed by atoms with Gasteiger partial charge in [0.15, 0.2) is 5.17 Å². The van der Waals surface area contributed by atoms with Gasteiger partial charge >= 0.3 is 0 Å². The van der Waals surface area contributed by atoms with Crippen molar-refractivity contribution in [1.29, 1.82) is 0 Å². The molecule has 0 fully saturated rings. The fourth-order valence-electron chi connectivity index (χ4n) is 1.23. The van der Waals surface area contributed by atoms with E-state index in [1.807, 2.05) is 11.9 Å². The minimum atomic E-state index is 0.398. The number of aliphatic imine (C=N–C) groups is 1. The van der Waals surface area contributed by atoms with Crippen molar-refractivity contribution in [3.63, 3.8) is 0 Å². The Labute approximate surface area is 70.6 Å². The first-order valence-electron chi connectivity index (χ1n) is 3.78. The molecule has 0 aliphatic carbocycles. The predicted molar refractivity (Wildman–Crippen MR) is 48.9 cm³/mol. The normalized spacial score (nSPS) is 35.4. The zero-order valence-corrected chi connectivity index (χ0v) is 7.72. The van der Waals surface area contributed by atoms with E-state index < -0.39 is 0 Å². The maximum atomic E-state index is 4.47. The number of amidine groups is 1. The summed E-state index contributed by atoms with van der Waals surface area (Å²) < 4.78 is 0. The average Bonchev–Trinajstić information content (AvgIpc) is 2.37. The summed E-state index contributed by atoms with van der Waals surface area (Å²) in [6.07, 6.45) is 0. The van der Waals surface area contributed by atoms with Crippen LogP contribution in [0.4, 0.5) is 0 Å². The van der Waals surface area contributed by atoms with Crippen LogP contribution in [-0.4, -0.2) is 27.3 Å². The Kier molecular flexibility index (Phi) is 1.45. The molecule has 0 saturated carbocycles. The molecule has 2 unspecified atom stereocenters. The van der Waals surface area contributed by atoms with E-state index in [1.165, 1.54) is 0 Å². The second kappa shape index (κ2) is 2.24. The van der Waals surface area contributed by atoms with Gasteiger partial charge in [0.2, 0.25) is 0 Å². The fourth-order valence-corrected chi connectivity index (χ4v) is 2.14. The number of hydrogen-bond donors (Lipinski definition) is 0. The Morgan fingerprint density at radius 1 is 1.45 bits per heavy atom. The molecule has 0 spiro atoms. The highest BCUT2D eigenvalue weighted by Crippen LogP contribution is 2.30. The van der Waals surface area contributed by atoms with Crippen molar-refractivity contribution in [2.24, 2.45) is 10.1 Å². The van der Waals surface area contributed by atoms with Crippen LogP contribution in [0.25, 0.3) is 0 Å². The highest BCUT2D eigenvalue weighted by molar-refractivity contribution is 8.26. The largest absolute Gasteiger partial charge is 0.255 e. The van der Waals surface area contributed by atoms with Crippen LogP contribution in [0.15, 0.2) is 10.1 Å². The SMILES string of the molecule is CC1=NN2C(=NC(C)C2C)S1. The van der Waals surface area contributed by atoms with Gasteiger partial charge in [0, 0.05) is 0 Å². The maximum Gasteiger partial charge on any atom is 0.186 e. The Hall–Kier alpha value is -0.510. The Morgan fingerprint density at radius 2 is 2.18 bits per heavy atom. The molecule has 3 nitrogen and oxygen atoms in total. The molecule has 2 rings (SSSR count). The lowest BCUT2D eigenvalue weighted by molar-refractivity contribution is 0.353. The monoisotopic (exact) mass is 169 g/mol. The van der Waals surface area contributed by atoms with Crippen LogP contribution in [0.1, 0.15) is 20.8 Å². The molecule has 11 heavy (non-hydrogen) atoms. The number of hydrazone groups is 1. The number of fused-ring (bicyclic) bond motifs is 1. The summed E-state index contributed by atoms with van der Waals surface area (Å²) in [5.41, 5.74) is 0. The molecule has 0 aromatic rings. The molecule has 2 heterocycles. The van der Waals surface area contributed by atoms with Crippen LogP contribution in [-0.2, 0) is 0 Å². The van der Waals surface area contributed by atoms with Gasteiger partial charge in [0.25, 0.3) is 0 Å². The summed E-state index contributed by atoms with van der Waals surface area (Å²) in [6, 6.07) is 0.837. The summed E-state index contributed by atoms with van der Waals surface area (Å²) in [6.45, 7) is 6.30. The third-order valence-corrected chi connectivity index (χ3v) is 2.93. The lowest BCUT2D eigenvalue weighted by Crippen LogP contribution is -2.28.